The van der Waals surface area contributed by atoms with Gasteiger partial charge in [-0.25, -0.2) is 13.8 Å². The molecule has 0 fully saturated rings. The van der Waals surface area contributed by atoms with Crippen LogP contribution in [0.25, 0.3) is 16.9 Å². The predicted molar refractivity (Wildman–Crippen MR) is 90.5 cm³/mol. The number of aromatic nitrogens is 2. The Morgan fingerprint density at radius 2 is 1.58 bits per heavy atom. The van der Waals surface area contributed by atoms with E-state index in [0.29, 0.717) is 10.7 Å². The Labute approximate surface area is 151 Å². The number of methoxy groups -OCH3 is 1. The number of benzene rings is 2. The predicted octanol–water partition coefficient (Wildman–Crippen LogP) is 5.79. The summed E-state index contributed by atoms with van der Waals surface area (Å²) >= 11 is 18.0. The number of ether oxygens (including phenoxy) is 1. The van der Waals surface area contributed by atoms with Gasteiger partial charge in [0.15, 0.2) is 5.15 Å². The molecule has 0 N–H and O–H groups in total. The summed E-state index contributed by atoms with van der Waals surface area (Å²) in [6.07, 6.45) is 0. The maximum atomic E-state index is 14.4. The van der Waals surface area contributed by atoms with Crippen LogP contribution >= 0.6 is 34.8 Å². The lowest BCUT2D eigenvalue weighted by molar-refractivity contribution is 0.407. The van der Waals surface area contributed by atoms with E-state index in [4.69, 9.17) is 39.5 Å². The smallest absolute Gasteiger partial charge is 0.209 e. The molecular weight excluding hydrogens is 381 g/mol. The van der Waals surface area contributed by atoms with E-state index < -0.39 is 11.6 Å². The second-order valence-corrected chi connectivity index (χ2v) is 5.93. The van der Waals surface area contributed by atoms with Crippen molar-refractivity contribution in [2.75, 3.05) is 7.11 Å². The van der Waals surface area contributed by atoms with Crippen LogP contribution in [0.4, 0.5) is 8.78 Å². The monoisotopic (exact) mass is 388 g/mol. The minimum atomic E-state index is -0.847. The molecule has 3 aromatic rings. The van der Waals surface area contributed by atoms with Crippen LogP contribution < -0.4 is 4.74 Å². The number of hydrogen-bond acceptors (Lipinski definition) is 2. The van der Waals surface area contributed by atoms with E-state index in [9.17, 15) is 8.78 Å². The molecular formula is C16H9Cl3F2N2O. The van der Waals surface area contributed by atoms with E-state index >= 15 is 0 Å². The van der Waals surface area contributed by atoms with Crippen LogP contribution in [0.1, 0.15) is 0 Å². The van der Waals surface area contributed by atoms with Crippen LogP contribution in [0.5, 0.6) is 5.75 Å². The van der Waals surface area contributed by atoms with Crippen molar-refractivity contribution in [3.63, 3.8) is 0 Å². The van der Waals surface area contributed by atoms with Crippen LogP contribution in [0, 0.1) is 11.6 Å². The molecule has 0 aliphatic heterocycles. The molecule has 3 nitrogen and oxygen atoms in total. The third-order valence-corrected chi connectivity index (χ3v) is 4.14. The fourth-order valence-corrected chi connectivity index (χ4v) is 3.00. The molecule has 24 heavy (non-hydrogen) atoms. The van der Waals surface area contributed by atoms with Crippen molar-refractivity contribution in [2.45, 2.75) is 0 Å². The lowest BCUT2D eigenvalue weighted by Crippen LogP contribution is -2.01. The summed E-state index contributed by atoms with van der Waals surface area (Å²) in [5, 5.41) is 0.342. The van der Waals surface area contributed by atoms with Crippen LogP contribution in [-0.4, -0.2) is 16.7 Å². The number of nitrogens with zero attached hydrogens (tertiary/aromatic N) is 2. The fraction of sp³-hybridized carbons (Fsp3) is 0.0625. The van der Waals surface area contributed by atoms with Gasteiger partial charge in [-0.15, -0.1) is 0 Å². The summed E-state index contributed by atoms with van der Waals surface area (Å²) in [5.41, 5.74) is 0.158. The van der Waals surface area contributed by atoms with Gasteiger partial charge >= 0.3 is 0 Å². The van der Waals surface area contributed by atoms with Gasteiger partial charge in [-0.1, -0.05) is 23.2 Å². The van der Waals surface area contributed by atoms with Crippen molar-refractivity contribution < 1.29 is 13.5 Å². The Morgan fingerprint density at radius 3 is 2.12 bits per heavy atom. The molecule has 0 radical (unpaired) electrons. The van der Waals surface area contributed by atoms with Gasteiger partial charge in [0.2, 0.25) is 5.28 Å². The maximum absolute atomic E-state index is 14.4. The molecule has 0 atom stereocenters. The molecule has 0 saturated carbocycles. The fourth-order valence-electron chi connectivity index (χ4n) is 2.30. The zero-order valence-electron chi connectivity index (χ0n) is 12.2. The van der Waals surface area contributed by atoms with Crippen molar-refractivity contribution >= 4 is 34.8 Å². The minimum absolute atomic E-state index is 0.00152. The highest BCUT2D eigenvalue weighted by Gasteiger charge is 2.24. The van der Waals surface area contributed by atoms with E-state index in [1.54, 1.807) is 24.3 Å². The average Bonchev–Trinajstić information content (AvgIpc) is 2.82. The van der Waals surface area contributed by atoms with Gasteiger partial charge in [0, 0.05) is 22.8 Å². The highest BCUT2D eigenvalue weighted by atomic mass is 35.5. The highest BCUT2D eigenvalue weighted by Crippen LogP contribution is 2.38. The van der Waals surface area contributed by atoms with Gasteiger partial charge in [0.1, 0.15) is 17.4 Å². The Morgan fingerprint density at radius 1 is 1.00 bits per heavy atom. The molecule has 1 heterocycles. The first-order valence-electron chi connectivity index (χ1n) is 6.65. The van der Waals surface area contributed by atoms with Crippen molar-refractivity contribution in [1.29, 1.82) is 0 Å². The van der Waals surface area contributed by atoms with Crippen molar-refractivity contribution in [2.24, 2.45) is 0 Å². The average molecular weight is 390 g/mol. The summed E-state index contributed by atoms with van der Waals surface area (Å²) in [5.74, 6) is -1.64. The van der Waals surface area contributed by atoms with Gasteiger partial charge in [0.05, 0.1) is 18.4 Å². The molecule has 0 unspecified atom stereocenters. The summed E-state index contributed by atoms with van der Waals surface area (Å²) in [6, 6.07) is 8.62. The number of imidazole rings is 1. The molecule has 3 rings (SSSR count). The molecule has 1 aromatic heterocycles. The van der Waals surface area contributed by atoms with Gasteiger partial charge < -0.3 is 4.74 Å². The van der Waals surface area contributed by atoms with Crippen LogP contribution in [-0.2, 0) is 0 Å². The first kappa shape index (κ1) is 17.0. The Hall–Kier alpha value is -1.82. The van der Waals surface area contributed by atoms with E-state index in [0.717, 1.165) is 12.1 Å². The molecule has 0 spiro atoms. The molecule has 0 aliphatic rings. The second kappa shape index (κ2) is 6.59. The van der Waals surface area contributed by atoms with Crippen molar-refractivity contribution in [3.05, 3.63) is 63.5 Å². The van der Waals surface area contributed by atoms with Crippen molar-refractivity contribution in [3.8, 4) is 22.7 Å². The standard InChI is InChI=1S/C16H9Cl3F2N2O/c1-24-10-6-11(20)13(12(21)7-10)14-15(18)22-16(19)23(14)9-4-2-8(17)3-5-9/h2-7H,1H3. The Balaban J connectivity index is 2.28. The van der Waals surface area contributed by atoms with Gasteiger partial charge in [0.25, 0.3) is 0 Å². The summed E-state index contributed by atoms with van der Waals surface area (Å²) in [6.45, 7) is 0. The lowest BCUT2D eigenvalue weighted by Gasteiger charge is -2.12. The van der Waals surface area contributed by atoms with Gasteiger partial charge in [-0.05, 0) is 35.9 Å². The molecule has 0 amide bonds. The normalized spacial score (nSPS) is 10.9. The van der Waals surface area contributed by atoms with Crippen LogP contribution in [0.3, 0.4) is 0 Å². The third-order valence-electron chi connectivity index (χ3n) is 3.37. The van der Waals surface area contributed by atoms with Gasteiger partial charge in [-0.3, -0.25) is 4.57 Å². The summed E-state index contributed by atoms with van der Waals surface area (Å²) in [4.78, 5) is 3.91. The van der Waals surface area contributed by atoms with Crippen LogP contribution in [0.2, 0.25) is 15.5 Å². The first-order valence-corrected chi connectivity index (χ1v) is 7.79. The maximum Gasteiger partial charge on any atom is 0.209 e. The van der Waals surface area contributed by atoms with E-state index in [-0.39, 0.29) is 27.4 Å². The number of hydrogen-bond donors (Lipinski definition) is 0. The molecule has 0 aliphatic carbocycles. The zero-order chi connectivity index (χ0) is 17.4. The SMILES string of the molecule is COc1cc(F)c(-c2c(Cl)nc(Cl)n2-c2ccc(Cl)cc2)c(F)c1. The topological polar surface area (TPSA) is 27.1 Å². The Kier molecular flexibility index (Phi) is 4.67. The molecule has 2 aromatic carbocycles. The van der Waals surface area contributed by atoms with Crippen LogP contribution in [0.15, 0.2) is 36.4 Å². The molecule has 0 saturated heterocycles. The largest absolute Gasteiger partial charge is 0.497 e. The first-order chi connectivity index (χ1) is 11.4. The quantitative estimate of drug-likeness (QED) is 0.567. The Bertz CT molecular complexity index is 887. The van der Waals surface area contributed by atoms with E-state index in [2.05, 4.69) is 4.98 Å². The zero-order valence-corrected chi connectivity index (χ0v) is 14.4. The number of halogens is 5. The summed E-state index contributed by atoms with van der Waals surface area (Å²) in [7, 11) is 1.32. The lowest BCUT2D eigenvalue weighted by atomic mass is 10.1. The van der Waals surface area contributed by atoms with Gasteiger partial charge in [-0.2, -0.15) is 0 Å². The molecule has 0 bridgehead atoms. The molecule has 124 valence electrons. The second-order valence-electron chi connectivity index (χ2n) is 4.80. The van der Waals surface area contributed by atoms with Crippen molar-refractivity contribution in [1.82, 2.24) is 9.55 Å². The number of rotatable bonds is 3. The molecule has 8 heteroatoms. The third kappa shape index (κ3) is 2.95. The van der Waals surface area contributed by atoms with E-state index in [1.807, 2.05) is 0 Å². The van der Waals surface area contributed by atoms with E-state index in [1.165, 1.54) is 11.7 Å². The highest BCUT2D eigenvalue weighted by molar-refractivity contribution is 6.34. The minimum Gasteiger partial charge on any atom is -0.497 e. The summed E-state index contributed by atoms with van der Waals surface area (Å²) < 4.78 is 35.1.